The monoisotopic (exact) mass is 456 g/mol. The zero-order chi connectivity index (χ0) is 23.1. The topological polar surface area (TPSA) is 93.2 Å². The Labute approximate surface area is 190 Å². The van der Waals surface area contributed by atoms with E-state index in [2.05, 4.69) is 20.8 Å². The second kappa shape index (κ2) is 10.8. The van der Waals surface area contributed by atoms with E-state index in [1.165, 1.54) is 23.5 Å². The van der Waals surface area contributed by atoms with Gasteiger partial charge in [0.25, 0.3) is 0 Å². The third kappa shape index (κ3) is 6.10. The maximum Gasteiger partial charge on any atom is 0.249 e. The van der Waals surface area contributed by atoms with E-state index in [1.807, 2.05) is 38.1 Å². The van der Waals surface area contributed by atoms with E-state index in [-0.39, 0.29) is 30.0 Å². The average molecular weight is 457 g/mol. The number of halogens is 1. The van der Waals surface area contributed by atoms with Crippen LogP contribution in [0.5, 0.6) is 5.75 Å². The largest absolute Gasteiger partial charge is 0.497 e. The molecular weight excluding hydrogens is 431 g/mol. The standard InChI is InChI=1S/C23H25FN4O3S/c1-4-14(2)20(25-19(29)12-15-8-10-17(24)11-9-15)21(30)26-23-28-27-22(32-23)16-6-5-7-18(13-16)31-3/h5-11,13-14,20H,4,12H2,1-3H3,(H,25,29)(H,26,28,30). The van der Waals surface area contributed by atoms with E-state index < -0.39 is 6.04 Å². The first-order valence-corrected chi connectivity index (χ1v) is 11.0. The number of carbonyl (C=O) groups is 2. The Morgan fingerprint density at radius 1 is 1.16 bits per heavy atom. The van der Waals surface area contributed by atoms with Gasteiger partial charge in [-0.15, -0.1) is 10.2 Å². The van der Waals surface area contributed by atoms with Gasteiger partial charge in [-0.05, 0) is 35.7 Å². The zero-order valence-corrected chi connectivity index (χ0v) is 18.9. The van der Waals surface area contributed by atoms with Crippen LogP contribution in [-0.2, 0) is 16.0 Å². The number of anilines is 1. The number of hydrogen-bond acceptors (Lipinski definition) is 6. The van der Waals surface area contributed by atoms with Gasteiger partial charge in [-0.25, -0.2) is 4.39 Å². The number of nitrogens with zero attached hydrogens (tertiary/aromatic N) is 2. The van der Waals surface area contributed by atoms with E-state index in [1.54, 1.807) is 19.2 Å². The molecule has 0 aliphatic heterocycles. The second-order valence-corrected chi connectivity index (χ2v) is 8.35. The van der Waals surface area contributed by atoms with Crippen LogP contribution >= 0.6 is 11.3 Å². The number of nitrogens with one attached hydrogen (secondary N) is 2. The quantitative estimate of drug-likeness (QED) is 0.506. The number of amides is 2. The molecule has 0 saturated carbocycles. The molecule has 3 rings (SSSR count). The van der Waals surface area contributed by atoms with Gasteiger partial charge in [0.1, 0.15) is 22.6 Å². The first kappa shape index (κ1) is 23.3. The van der Waals surface area contributed by atoms with Crippen molar-refractivity contribution < 1.29 is 18.7 Å². The van der Waals surface area contributed by atoms with Gasteiger partial charge in [-0.3, -0.25) is 14.9 Å². The molecule has 7 nitrogen and oxygen atoms in total. The van der Waals surface area contributed by atoms with Crippen LogP contribution in [0.25, 0.3) is 10.6 Å². The van der Waals surface area contributed by atoms with Gasteiger partial charge < -0.3 is 10.1 Å². The molecule has 2 unspecified atom stereocenters. The van der Waals surface area contributed by atoms with Gasteiger partial charge >= 0.3 is 0 Å². The molecule has 1 aromatic heterocycles. The molecule has 2 atom stereocenters. The molecule has 9 heteroatoms. The van der Waals surface area contributed by atoms with Gasteiger partial charge in [0.15, 0.2) is 0 Å². The summed E-state index contributed by atoms with van der Waals surface area (Å²) in [7, 11) is 1.59. The van der Waals surface area contributed by atoms with Crippen molar-refractivity contribution in [1.82, 2.24) is 15.5 Å². The Bertz CT molecular complexity index is 1070. The minimum Gasteiger partial charge on any atom is -0.497 e. The summed E-state index contributed by atoms with van der Waals surface area (Å²) in [5, 5.41) is 14.7. The molecule has 0 fully saturated rings. The molecule has 3 aromatic rings. The Hall–Kier alpha value is -3.33. The van der Waals surface area contributed by atoms with E-state index >= 15 is 0 Å². The van der Waals surface area contributed by atoms with Crippen molar-refractivity contribution in [2.24, 2.45) is 5.92 Å². The predicted octanol–water partition coefficient (Wildman–Crippen LogP) is 4.06. The lowest BCUT2D eigenvalue weighted by molar-refractivity contribution is -0.127. The minimum atomic E-state index is -0.739. The molecule has 32 heavy (non-hydrogen) atoms. The molecule has 0 bridgehead atoms. The van der Waals surface area contributed by atoms with Crippen molar-refractivity contribution in [3.05, 3.63) is 59.9 Å². The van der Waals surface area contributed by atoms with Crippen LogP contribution < -0.4 is 15.4 Å². The minimum absolute atomic E-state index is 0.0549. The van der Waals surface area contributed by atoms with E-state index in [0.717, 1.165) is 5.56 Å². The fraction of sp³-hybridized carbons (Fsp3) is 0.304. The molecule has 0 aliphatic carbocycles. The zero-order valence-electron chi connectivity index (χ0n) is 18.1. The first-order valence-electron chi connectivity index (χ1n) is 10.2. The number of methoxy groups -OCH3 is 1. The Balaban J connectivity index is 1.67. The van der Waals surface area contributed by atoms with Crippen molar-refractivity contribution >= 4 is 28.3 Å². The van der Waals surface area contributed by atoms with Crippen LogP contribution in [0.15, 0.2) is 48.5 Å². The lowest BCUT2D eigenvalue weighted by Gasteiger charge is -2.23. The SMILES string of the molecule is CCC(C)C(NC(=O)Cc1ccc(F)cc1)C(=O)Nc1nnc(-c2cccc(OC)c2)s1. The van der Waals surface area contributed by atoms with Gasteiger partial charge in [-0.1, -0.05) is 55.9 Å². The van der Waals surface area contributed by atoms with Gasteiger partial charge in [0.2, 0.25) is 16.9 Å². The van der Waals surface area contributed by atoms with E-state index in [9.17, 15) is 14.0 Å². The fourth-order valence-electron chi connectivity index (χ4n) is 3.04. The van der Waals surface area contributed by atoms with Gasteiger partial charge in [0, 0.05) is 5.56 Å². The average Bonchev–Trinajstić information content (AvgIpc) is 3.27. The van der Waals surface area contributed by atoms with Gasteiger partial charge in [0.05, 0.1) is 13.5 Å². The summed E-state index contributed by atoms with van der Waals surface area (Å²) in [4.78, 5) is 25.4. The highest BCUT2D eigenvalue weighted by Crippen LogP contribution is 2.29. The van der Waals surface area contributed by atoms with Crippen molar-refractivity contribution in [1.29, 1.82) is 0 Å². The molecule has 0 radical (unpaired) electrons. The normalized spacial score (nSPS) is 12.6. The third-order valence-corrected chi connectivity index (χ3v) is 5.95. The molecule has 2 aromatic carbocycles. The summed E-state index contributed by atoms with van der Waals surface area (Å²) in [5.74, 6) is -0.440. The molecule has 168 valence electrons. The maximum absolute atomic E-state index is 13.1. The summed E-state index contributed by atoms with van der Waals surface area (Å²) < 4.78 is 18.3. The Kier molecular flexibility index (Phi) is 7.88. The smallest absolute Gasteiger partial charge is 0.249 e. The summed E-state index contributed by atoms with van der Waals surface area (Å²) in [6.45, 7) is 3.84. The second-order valence-electron chi connectivity index (χ2n) is 7.37. The maximum atomic E-state index is 13.1. The molecule has 0 saturated heterocycles. The van der Waals surface area contributed by atoms with Crippen molar-refractivity contribution in [2.75, 3.05) is 12.4 Å². The number of rotatable bonds is 9. The third-order valence-electron chi connectivity index (χ3n) is 5.06. The van der Waals surface area contributed by atoms with Crippen LogP contribution in [0.3, 0.4) is 0 Å². The van der Waals surface area contributed by atoms with Crippen LogP contribution in [0.2, 0.25) is 0 Å². The van der Waals surface area contributed by atoms with Gasteiger partial charge in [-0.2, -0.15) is 0 Å². The Morgan fingerprint density at radius 3 is 2.59 bits per heavy atom. The highest BCUT2D eigenvalue weighted by Gasteiger charge is 2.27. The van der Waals surface area contributed by atoms with Crippen molar-refractivity contribution in [3.63, 3.8) is 0 Å². The Morgan fingerprint density at radius 2 is 1.91 bits per heavy atom. The van der Waals surface area contributed by atoms with Crippen LogP contribution in [0, 0.1) is 11.7 Å². The number of ether oxygens (including phenoxy) is 1. The summed E-state index contributed by atoms with van der Waals surface area (Å²) in [6.07, 6.45) is 0.749. The number of aromatic nitrogens is 2. The predicted molar refractivity (Wildman–Crippen MR) is 122 cm³/mol. The molecule has 2 N–H and O–H groups in total. The number of benzene rings is 2. The van der Waals surface area contributed by atoms with E-state index in [4.69, 9.17) is 4.74 Å². The van der Waals surface area contributed by atoms with Crippen molar-refractivity contribution in [3.8, 4) is 16.3 Å². The van der Waals surface area contributed by atoms with Crippen LogP contribution in [0.4, 0.5) is 9.52 Å². The lowest BCUT2D eigenvalue weighted by Crippen LogP contribution is -2.48. The summed E-state index contributed by atoms with van der Waals surface area (Å²) in [5.41, 5.74) is 1.49. The highest BCUT2D eigenvalue weighted by molar-refractivity contribution is 7.18. The molecule has 0 spiro atoms. The summed E-state index contributed by atoms with van der Waals surface area (Å²) in [6, 6.07) is 12.4. The molecule has 2 amide bonds. The van der Waals surface area contributed by atoms with Crippen LogP contribution in [0.1, 0.15) is 25.8 Å². The molecule has 0 aliphatic rings. The number of carbonyl (C=O) groups excluding carboxylic acids is 2. The van der Waals surface area contributed by atoms with Crippen LogP contribution in [-0.4, -0.2) is 35.2 Å². The highest BCUT2D eigenvalue weighted by atomic mass is 32.1. The molecule has 1 heterocycles. The lowest BCUT2D eigenvalue weighted by atomic mass is 9.98. The molecular formula is C23H25FN4O3S. The van der Waals surface area contributed by atoms with E-state index in [0.29, 0.717) is 27.9 Å². The first-order chi connectivity index (χ1) is 15.4. The summed E-state index contributed by atoms with van der Waals surface area (Å²) >= 11 is 1.24. The number of hydrogen-bond donors (Lipinski definition) is 2. The fourth-order valence-corrected chi connectivity index (χ4v) is 3.79. The van der Waals surface area contributed by atoms with Crippen molar-refractivity contribution in [2.45, 2.75) is 32.7 Å².